The molecule has 0 unspecified atom stereocenters. The molecule has 2 aromatic rings. The molecule has 0 saturated heterocycles. The largest absolute Gasteiger partial charge is 0.352 e. The van der Waals surface area contributed by atoms with Crippen molar-refractivity contribution in [1.82, 2.24) is 15.2 Å². The van der Waals surface area contributed by atoms with Crippen LogP contribution < -0.4 is 10.6 Å². The zero-order valence-electron chi connectivity index (χ0n) is 18.2. The number of benzene rings is 1. The van der Waals surface area contributed by atoms with E-state index in [0.29, 0.717) is 10.7 Å². The molecule has 0 radical (unpaired) electrons. The number of hydrogen-bond donors (Lipinski definition) is 2. The minimum Gasteiger partial charge on any atom is -0.352 e. The molecule has 1 aliphatic rings. The van der Waals surface area contributed by atoms with Gasteiger partial charge in [0.05, 0.1) is 12.2 Å². The van der Waals surface area contributed by atoms with Gasteiger partial charge in [-0.3, -0.25) is 14.4 Å². The number of halogens is 1. The maximum Gasteiger partial charge on any atom is 0.239 e. The Balaban J connectivity index is 1.57. The molecule has 1 fully saturated rings. The van der Waals surface area contributed by atoms with Crippen LogP contribution in [0, 0.1) is 12.7 Å². The molecule has 1 aromatic carbocycles. The lowest BCUT2D eigenvalue weighted by molar-refractivity contribution is -0.137. The van der Waals surface area contributed by atoms with E-state index in [1.807, 2.05) is 12.3 Å². The molecule has 2 N–H and O–H groups in total. The number of hydrogen-bond acceptors (Lipinski definition) is 5. The van der Waals surface area contributed by atoms with Crippen molar-refractivity contribution < 1.29 is 18.8 Å². The number of nitrogens with zero attached hydrogens (tertiary/aromatic N) is 2. The van der Waals surface area contributed by atoms with Gasteiger partial charge in [0.1, 0.15) is 5.82 Å². The second kappa shape index (κ2) is 11.7. The van der Waals surface area contributed by atoms with Gasteiger partial charge < -0.3 is 15.5 Å². The van der Waals surface area contributed by atoms with Gasteiger partial charge >= 0.3 is 0 Å². The summed E-state index contributed by atoms with van der Waals surface area (Å²) >= 11 is 1.32. The van der Waals surface area contributed by atoms with Crippen molar-refractivity contribution in [3.63, 3.8) is 0 Å². The first-order valence-corrected chi connectivity index (χ1v) is 11.8. The lowest BCUT2D eigenvalue weighted by Gasteiger charge is -2.26. The van der Waals surface area contributed by atoms with Crippen LogP contribution in [0.15, 0.2) is 29.6 Å². The van der Waals surface area contributed by atoms with Crippen molar-refractivity contribution in [1.29, 1.82) is 0 Å². The molecular weight excluding hydrogens is 431 g/mol. The molecule has 0 bridgehead atoms. The van der Waals surface area contributed by atoms with Crippen LogP contribution in [0.4, 0.5) is 9.52 Å². The highest BCUT2D eigenvalue weighted by Crippen LogP contribution is 2.18. The van der Waals surface area contributed by atoms with Gasteiger partial charge in [0, 0.05) is 30.8 Å². The molecule has 3 rings (SSSR count). The van der Waals surface area contributed by atoms with E-state index in [1.165, 1.54) is 34.8 Å². The number of amides is 3. The second-order valence-corrected chi connectivity index (χ2v) is 8.98. The van der Waals surface area contributed by atoms with Crippen LogP contribution in [0.25, 0.3) is 0 Å². The van der Waals surface area contributed by atoms with Gasteiger partial charge in [-0.2, -0.15) is 0 Å². The van der Waals surface area contributed by atoms with Crippen LogP contribution in [0.5, 0.6) is 0 Å². The predicted molar refractivity (Wildman–Crippen MR) is 122 cm³/mol. The Kier molecular flexibility index (Phi) is 8.72. The molecule has 32 heavy (non-hydrogen) atoms. The van der Waals surface area contributed by atoms with Gasteiger partial charge in [0.15, 0.2) is 5.13 Å². The lowest BCUT2D eigenvalue weighted by atomic mass is 9.95. The fourth-order valence-corrected chi connectivity index (χ4v) is 4.41. The third-order valence-corrected chi connectivity index (χ3v) is 6.25. The Morgan fingerprint density at radius 2 is 1.81 bits per heavy atom. The molecule has 172 valence electrons. The van der Waals surface area contributed by atoms with Gasteiger partial charge in [0.2, 0.25) is 17.7 Å². The van der Waals surface area contributed by atoms with E-state index in [2.05, 4.69) is 15.6 Å². The summed E-state index contributed by atoms with van der Waals surface area (Å²) in [4.78, 5) is 43.3. The Hall–Kier alpha value is -2.81. The highest BCUT2D eigenvalue weighted by Gasteiger charge is 2.21. The molecule has 1 saturated carbocycles. The summed E-state index contributed by atoms with van der Waals surface area (Å²) in [5.74, 6) is -1.19. The fraction of sp³-hybridized carbons (Fsp3) is 0.478. The summed E-state index contributed by atoms with van der Waals surface area (Å²) in [6.07, 6.45) is 5.23. The molecule has 0 atom stereocenters. The smallest absolute Gasteiger partial charge is 0.239 e. The van der Waals surface area contributed by atoms with Crippen molar-refractivity contribution in [3.8, 4) is 0 Å². The maximum atomic E-state index is 13.2. The first-order chi connectivity index (χ1) is 15.4. The Bertz CT molecular complexity index is 926. The van der Waals surface area contributed by atoms with Crippen LogP contribution in [-0.4, -0.2) is 40.2 Å². The average Bonchev–Trinajstić information content (AvgIpc) is 3.18. The molecule has 1 aromatic heterocycles. The van der Waals surface area contributed by atoms with E-state index >= 15 is 0 Å². The van der Waals surface area contributed by atoms with Crippen molar-refractivity contribution in [3.05, 3.63) is 46.7 Å². The number of rotatable bonds is 9. The number of carbonyl (C=O) groups is 3. The minimum absolute atomic E-state index is 0.0123. The van der Waals surface area contributed by atoms with Crippen LogP contribution in [-0.2, 0) is 20.9 Å². The fourth-order valence-electron chi connectivity index (χ4n) is 3.71. The molecule has 0 spiro atoms. The predicted octanol–water partition coefficient (Wildman–Crippen LogP) is 3.79. The van der Waals surface area contributed by atoms with Crippen LogP contribution in [0.1, 0.15) is 56.2 Å². The van der Waals surface area contributed by atoms with Gasteiger partial charge in [-0.05, 0) is 37.5 Å². The first-order valence-electron chi connectivity index (χ1n) is 10.9. The van der Waals surface area contributed by atoms with Gasteiger partial charge in [-0.1, -0.05) is 31.4 Å². The van der Waals surface area contributed by atoms with Crippen LogP contribution in [0.2, 0.25) is 0 Å². The minimum atomic E-state index is -0.365. The summed E-state index contributed by atoms with van der Waals surface area (Å²) < 4.78 is 13.2. The highest BCUT2D eigenvalue weighted by atomic mass is 32.1. The number of aromatic nitrogens is 1. The quantitative estimate of drug-likeness (QED) is 0.596. The molecule has 9 heteroatoms. The molecule has 1 aliphatic carbocycles. The summed E-state index contributed by atoms with van der Waals surface area (Å²) in [6, 6.07) is 5.97. The van der Waals surface area contributed by atoms with E-state index in [0.717, 1.165) is 31.4 Å². The highest BCUT2D eigenvalue weighted by molar-refractivity contribution is 7.13. The average molecular weight is 461 g/mol. The number of carbonyl (C=O) groups excluding carboxylic acids is 3. The maximum absolute atomic E-state index is 13.2. The topological polar surface area (TPSA) is 91.4 Å². The number of anilines is 1. The molecule has 7 nitrogen and oxygen atoms in total. The van der Waals surface area contributed by atoms with Crippen molar-refractivity contribution in [2.24, 2.45) is 0 Å². The van der Waals surface area contributed by atoms with E-state index in [4.69, 9.17) is 0 Å². The molecule has 0 aliphatic heterocycles. The van der Waals surface area contributed by atoms with Crippen molar-refractivity contribution in [2.45, 2.75) is 64.5 Å². The number of aryl methyl sites for hydroxylation is 1. The summed E-state index contributed by atoms with van der Waals surface area (Å²) in [6.45, 7) is 1.91. The van der Waals surface area contributed by atoms with Gasteiger partial charge in [-0.25, -0.2) is 9.37 Å². The van der Waals surface area contributed by atoms with Gasteiger partial charge in [-0.15, -0.1) is 11.3 Å². The first kappa shape index (κ1) is 23.8. The summed E-state index contributed by atoms with van der Waals surface area (Å²) in [7, 11) is 0. The summed E-state index contributed by atoms with van der Waals surface area (Å²) in [5, 5.41) is 8.03. The van der Waals surface area contributed by atoms with E-state index < -0.39 is 0 Å². The Morgan fingerprint density at radius 1 is 1.09 bits per heavy atom. The second-order valence-electron chi connectivity index (χ2n) is 8.12. The zero-order chi connectivity index (χ0) is 22.9. The Morgan fingerprint density at radius 3 is 2.47 bits per heavy atom. The third kappa shape index (κ3) is 7.71. The standard InChI is InChI=1S/C23H29FN4O3S/c1-16-15-32-23(25-16)27-20(29)11-12-22(31)28(13-17-7-9-18(24)10-8-17)14-21(30)26-19-5-3-2-4-6-19/h7-10,15,19H,2-6,11-14H2,1H3,(H,26,30)(H,25,27,29). The Labute approximate surface area is 191 Å². The van der Waals surface area contributed by atoms with Crippen LogP contribution in [0.3, 0.4) is 0 Å². The number of nitrogens with one attached hydrogen (secondary N) is 2. The summed E-state index contributed by atoms with van der Waals surface area (Å²) in [5.41, 5.74) is 1.53. The van der Waals surface area contributed by atoms with Gasteiger partial charge in [0.25, 0.3) is 0 Å². The lowest BCUT2D eigenvalue weighted by Crippen LogP contribution is -2.44. The van der Waals surface area contributed by atoms with Crippen molar-refractivity contribution >= 4 is 34.2 Å². The zero-order valence-corrected chi connectivity index (χ0v) is 19.0. The van der Waals surface area contributed by atoms with Crippen molar-refractivity contribution in [2.75, 3.05) is 11.9 Å². The third-order valence-electron chi connectivity index (χ3n) is 5.38. The molecular formula is C23H29FN4O3S. The molecule has 3 amide bonds. The normalized spacial score (nSPS) is 14.1. The molecule has 1 heterocycles. The van der Waals surface area contributed by atoms with E-state index in [1.54, 1.807) is 12.1 Å². The van der Waals surface area contributed by atoms with Crippen LogP contribution >= 0.6 is 11.3 Å². The monoisotopic (exact) mass is 460 g/mol. The van der Waals surface area contributed by atoms with E-state index in [9.17, 15) is 18.8 Å². The number of thiazole rings is 1. The SMILES string of the molecule is Cc1csc(NC(=O)CCC(=O)N(CC(=O)NC2CCCCC2)Cc2ccc(F)cc2)n1. The van der Waals surface area contributed by atoms with E-state index in [-0.39, 0.29) is 55.5 Å².